The maximum Gasteiger partial charge on any atom is 0.272 e. The number of hydrogen-bond acceptors (Lipinski definition) is 2. The number of nitrogens with zero attached hydrogens (tertiary/aromatic N) is 2. The Hall–Kier alpha value is -1.61. The van der Waals surface area contributed by atoms with E-state index in [0.717, 1.165) is 5.56 Å². The molecular weight excluding hydrogens is 236 g/mol. The average molecular weight is 249 g/mol. The first kappa shape index (κ1) is 11.9. The van der Waals surface area contributed by atoms with Crippen LogP contribution in [-0.4, -0.2) is 9.55 Å². The normalized spacial score (nSPS) is 10.5. The maximum atomic E-state index is 11.9. The second-order valence-corrected chi connectivity index (χ2v) is 4.20. The first-order valence-electron chi connectivity index (χ1n) is 5.49. The zero-order chi connectivity index (χ0) is 12.3. The average Bonchev–Trinajstić information content (AvgIpc) is 2.35. The molecule has 88 valence electrons. The first-order valence-corrected chi connectivity index (χ1v) is 5.87. The molecule has 0 aliphatic carbocycles. The van der Waals surface area contributed by atoms with Gasteiger partial charge in [-0.2, -0.15) is 0 Å². The van der Waals surface area contributed by atoms with Crippen molar-refractivity contribution in [1.82, 2.24) is 9.55 Å². The quantitative estimate of drug-likeness (QED) is 0.837. The Morgan fingerprint density at radius 2 is 2.00 bits per heavy atom. The van der Waals surface area contributed by atoms with E-state index in [2.05, 4.69) is 4.98 Å². The van der Waals surface area contributed by atoms with Crippen LogP contribution in [0.5, 0.6) is 0 Å². The molecule has 0 amide bonds. The van der Waals surface area contributed by atoms with Gasteiger partial charge in [-0.05, 0) is 24.6 Å². The smallest absolute Gasteiger partial charge is 0.272 e. The number of aromatic nitrogens is 2. The van der Waals surface area contributed by atoms with Crippen LogP contribution in [0.3, 0.4) is 0 Å². The lowest BCUT2D eigenvalue weighted by Crippen LogP contribution is -2.23. The molecule has 0 spiro atoms. The summed E-state index contributed by atoms with van der Waals surface area (Å²) in [5.41, 5.74) is 1.58. The zero-order valence-corrected chi connectivity index (χ0v) is 10.3. The molecule has 0 saturated carbocycles. The number of halogens is 1. The van der Waals surface area contributed by atoms with E-state index >= 15 is 0 Å². The summed E-state index contributed by atoms with van der Waals surface area (Å²) in [5, 5.41) is 0.695. The Labute approximate surface area is 105 Å². The summed E-state index contributed by atoms with van der Waals surface area (Å²) < 4.78 is 1.65. The highest BCUT2D eigenvalue weighted by molar-refractivity contribution is 6.30. The fraction of sp³-hybridized carbons (Fsp3) is 0.231. The third-order valence-corrected chi connectivity index (χ3v) is 2.86. The molecule has 0 saturated heterocycles. The van der Waals surface area contributed by atoms with Crippen LogP contribution in [0.15, 0.2) is 41.5 Å². The SMILES string of the molecule is CCn1ccnc(Cc2ccc(Cl)cc2)c1=O. The van der Waals surface area contributed by atoms with Crippen molar-refractivity contribution < 1.29 is 0 Å². The van der Waals surface area contributed by atoms with Crippen LogP contribution in [-0.2, 0) is 13.0 Å². The van der Waals surface area contributed by atoms with Crippen LogP contribution >= 0.6 is 11.6 Å². The van der Waals surface area contributed by atoms with E-state index in [-0.39, 0.29) is 5.56 Å². The first-order chi connectivity index (χ1) is 8.20. The number of hydrogen-bond donors (Lipinski definition) is 0. The molecule has 1 aromatic carbocycles. The summed E-state index contributed by atoms with van der Waals surface area (Å²) in [7, 11) is 0. The molecular formula is C13H13ClN2O. The van der Waals surface area contributed by atoms with Gasteiger partial charge in [0.2, 0.25) is 0 Å². The summed E-state index contributed by atoms with van der Waals surface area (Å²) in [6, 6.07) is 7.45. The Morgan fingerprint density at radius 1 is 1.29 bits per heavy atom. The fourth-order valence-electron chi connectivity index (χ4n) is 1.66. The van der Waals surface area contributed by atoms with E-state index in [0.29, 0.717) is 23.7 Å². The van der Waals surface area contributed by atoms with Gasteiger partial charge >= 0.3 is 0 Å². The van der Waals surface area contributed by atoms with Crippen molar-refractivity contribution in [3.8, 4) is 0 Å². The predicted octanol–water partition coefficient (Wildman–Crippen LogP) is 2.51. The lowest BCUT2D eigenvalue weighted by Gasteiger charge is -2.04. The summed E-state index contributed by atoms with van der Waals surface area (Å²) in [5.74, 6) is 0. The maximum absolute atomic E-state index is 11.9. The molecule has 3 nitrogen and oxygen atoms in total. The lowest BCUT2D eigenvalue weighted by atomic mass is 10.1. The Kier molecular flexibility index (Phi) is 3.59. The Morgan fingerprint density at radius 3 is 2.65 bits per heavy atom. The van der Waals surface area contributed by atoms with Gasteiger partial charge in [-0.15, -0.1) is 0 Å². The van der Waals surface area contributed by atoms with Crippen LogP contribution in [0.1, 0.15) is 18.2 Å². The lowest BCUT2D eigenvalue weighted by molar-refractivity contribution is 0.703. The highest BCUT2D eigenvalue weighted by Gasteiger charge is 2.04. The van der Waals surface area contributed by atoms with Gasteiger partial charge in [0.15, 0.2) is 0 Å². The van der Waals surface area contributed by atoms with Crippen LogP contribution < -0.4 is 5.56 Å². The highest BCUT2D eigenvalue weighted by atomic mass is 35.5. The van der Waals surface area contributed by atoms with Crippen molar-refractivity contribution in [1.29, 1.82) is 0 Å². The molecule has 0 fully saturated rings. The van der Waals surface area contributed by atoms with Crippen molar-refractivity contribution in [2.24, 2.45) is 0 Å². The van der Waals surface area contributed by atoms with Gasteiger partial charge in [-0.1, -0.05) is 23.7 Å². The third kappa shape index (κ3) is 2.74. The molecule has 0 atom stereocenters. The van der Waals surface area contributed by atoms with Gasteiger partial charge in [0.25, 0.3) is 5.56 Å². The third-order valence-electron chi connectivity index (χ3n) is 2.61. The minimum atomic E-state index is -0.0232. The molecule has 1 heterocycles. The molecule has 0 radical (unpaired) electrons. The fourth-order valence-corrected chi connectivity index (χ4v) is 1.78. The molecule has 0 N–H and O–H groups in total. The second kappa shape index (κ2) is 5.15. The van der Waals surface area contributed by atoms with Crippen molar-refractivity contribution in [3.05, 3.63) is 63.3 Å². The largest absolute Gasteiger partial charge is 0.313 e. The topological polar surface area (TPSA) is 34.9 Å². The summed E-state index contributed by atoms with van der Waals surface area (Å²) in [6.45, 7) is 2.60. The van der Waals surface area contributed by atoms with Gasteiger partial charge in [0.1, 0.15) is 5.69 Å². The minimum Gasteiger partial charge on any atom is -0.313 e. The van der Waals surface area contributed by atoms with E-state index in [4.69, 9.17) is 11.6 Å². The molecule has 0 unspecified atom stereocenters. The van der Waals surface area contributed by atoms with Crippen molar-refractivity contribution >= 4 is 11.6 Å². The molecule has 2 aromatic rings. The van der Waals surface area contributed by atoms with Gasteiger partial charge in [0, 0.05) is 30.4 Å². The molecule has 2 rings (SSSR count). The molecule has 1 aromatic heterocycles. The van der Waals surface area contributed by atoms with E-state index < -0.39 is 0 Å². The predicted molar refractivity (Wildman–Crippen MR) is 68.4 cm³/mol. The van der Waals surface area contributed by atoms with Gasteiger partial charge in [-0.25, -0.2) is 0 Å². The van der Waals surface area contributed by atoms with Crippen molar-refractivity contribution in [3.63, 3.8) is 0 Å². The molecule has 0 aliphatic rings. The number of aryl methyl sites for hydroxylation is 1. The van der Waals surface area contributed by atoms with E-state index in [9.17, 15) is 4.79 Å². The molecule has 4 heteroatoms. The summed E-state index contributed by atoms with van der Waals surface area (Å²) in [4.78, 5) is 16.1. The summed E-state index contributed by atoms with van der Waals surface area (Å²) in [6.07, 6.45) is 3.90. The summed E-state index contributed by atoms with van der Waals surface area (Å²) >= 11 is 5.81. The number of benzene rings is 1. The van der Waals surface area contributed by atoms with E-state index in [1.165, 1.54) is 0 Å². The van der Waals surface area contributed by atoms with Gasteiger partial charge < -0.3 is 4.57 Å². The van der Waals surface area contributed by atoms with E-state index in [1.54, 1.807) is 17.0 Å². The van der Waals surface area contributed by atoms with Crippen LogP contribution in [0.4, 0.5) is 0 Å². The van der Waals surface area contributed by atoms with Crippen LogP contribution in [0.25, 0.3) is 0 Å². The molecule has 0 aliphatic heterocycles. The Balaban J connectivity index is 2.30. The minimum absolute atomic E-state index is 0.0232. The van der Waals surface area contributed by atoms with Crippen molar-refractivity contribution in [2.75, 3.05) is 0 Å². The van der Waals surface area contributed by atoms with Crippen LogP contribution in [0, 0.1) is 0 Å². The second-order valence-electron chi connectivity index (χ2n) is 3.77. The van der Waals surface area contributed by atoms with Gasteiger partial charge in [0.05, 0.1) is 0 Å². The van der Waals surface area contributed by atoms with Crippen molar-refractivity contribution in [2.45, 2.75) is 19.9 Å². The van der Waals surface area contributed by atoms with Gasteiger partial charge in [-0.3, -0.25) is 9.78 Å². The monoisotopic (exact) mass is 248 g/mol. The van der Waals surface area contributed by atoms with E-state index in [1.807, 2.05) is 31.2 Å². The highest BCUT2D eigenvalue weighted by Crippen LogP contribution is 2.11. The Bertz CT molecular complexity index is 560. The molecule has 17 heavy (non-hydrogen) atoms. The standard InChI is InChI=1S/C13H13ClN2O/c1-2-16-8-7-15-12(13(16)17)9-10-3-5-11(14)6-4-10/h3-8H,2,9H2,1H3. The van der Waals surface area contributed by atoms with Crippen LogP contribution in [0.2, 0.25) is 5.02 Å². The zero-order valence-electron chi connectivity index (χ0n) is 9.56. The number of rotatable bonds is 3. The molecule has 0 bridgehead atoms.